The molecule has 0 aliphatic carbocycles. The van der Waals surface area contributed by atoms with Crippen molar-refractivity contribution in [1.29, 1.82) is 0 Å². The summed E-state index contributed by atoms with van der Waals surface area (Å²) < 4.78 is 5.04. The Morgan fingerprint density at radius 3 is 2.89 bits per heavy atom. The molecule has 1 saturated heterocycles. The summed E-state index contributed by atoms with van der Waals surface area (Å²) in [6.07, 6.45) is 4.55. The first kappa shape index (κ1) is 15.6. The van der Waals surface area contributed by atoms with Gasteiger partial charge in [0.05, 0.1) is 12.0 Å². The Bertz CT molecular complexity index is 300. The molecule has 104 valence electrons. The maximum atomic E-state index is 11.6. The summed E-state index contributed by atoms with van der Waals surface area (Å²) in [5.74, 6) is 1.30. The quantitative estimate of drug-likeness (QED) is 0.595. The topological polar surface area (TPSA) is 38.3 Å². The number of esters is 1. The van der Waals surface area contributed by atoms with E-state index in [0.29, 0.717) is 17.9 Å². The van der Waals surface area contributed by atoms with E-state index in [0.717, 1.165) is 18.6 Å². The van der Waals surface area contributed by atoms with Gasteiger partial charge in [-0.3, -0.25) is 10.1 Å². The Balaban J connectivity index is 2.32. The van der Waals surface area contributed by atoms with Crippen molar-refractivity contribution in [2.75, 3.05) is 12.4 Å². The van der Waals surface area contributed by atoms with Crippen LogP contribution in [0.5, 0.6) is 0 Å². The van der Waals surface area contributed by atoms with Gasteiger partial charge >= 0.3 is 5.97 Å². The largest absolute Gasteiger partial charge is 0.465 e. The van der Waals surface area contributed by atoms with Gasteiger partial charge in [-0.2, -0.15) is 0 Å². The van der Waals surface area contributed by atoms with Gasteiger partial charge in [0.2, 0.25) is 0 Å². The van der Waals surface area contributed by atoms with Gasteiger partial charge in [-0.05, 0) is 39.5 Å². The van der Waals surface area contributed by atoms with Crippen LogP contribution in [-0.2, 0) is 9.53 Å². The predicted octanol–water partition coefficient (Wildman–Crippen LogP) is 2.96. The highest BCUT2D eigenvalue weighted by Crippen LogP contribution is 2.28. The van der Waals surface area contributed by atoms with Gasteiger partial charge < -0.3 is 4.74 Å². The van der Waals surface area contributed by atoms with E-state index in [1.165, 1.54) is 5.57 Å². The molecule has 3 unspecified atom stereocenters. The Hall–Kier alpha value is -0.480. The van der Waals surface area contributed by atoms with Crippen molar-refractivity contribution in [3.63, 3.8) is 0 Å². The molecular formula is C14H25NO2S. The first-order valence-electron chi connectivity index (χ1n) is 6.72. The molecule has 0 spiro atoms. The Morgan fingerprint density at radius 2 is 2.28 bits per heavy atom. The van der Waals surface area contributed by atoms with Crippen LogP contribution in [-0.4, -0.2) is 29.7 Å². The maximum absolute atomic E-state index is 11.6. The summed E-state index contributed by atoms with van der Waals surface area (Å²) in [7, 11) is 0. The highest BCUT2D eigenvalue weighted by Gasteiger charge is 2.33. The van der Waals surface area contributed by atoms with Gasteiger partial charge in [0.25, 0.3) is 0 Å². The van der Waals surface area contributed by atoms with E-state index in [1.807, 2.05) is 18.7 Å². The van der Waals surface area contributed by atoms with Crippen LogP contribution in [0.1, 0.15) is 40.5 Å². The third kappa shape index (κ3) is 5.02. The van der Waals surface area contributed by atoms with Crippen molar-refractivity contribution >= 4 is 17.7 Å². The maximum Gasteiger partial charge on any atom is 0.324 e. The Morgan fingerprint density at radius 1 is 1.56 bits per heavy atom. The molecule has 1 N–H and O–H groups in total. The normalized spacial score (nSPS) is 24.7. The fourth-order valence-electron chi connectivity index (χ4n) is 1.99. The summed E-state index contributed by atoms with van der Waals surface area (Å²) in [4.78, 5) is 11.6. The van der Waals surface area contributed by atoms with Crippen LogP contribution in [0.4, 0.5) is 0 Å². The van der Waals surface area contributed by atoms with Gasteiger partial charge in [0, 0.05) is 5.75 Å². The molecule has 0 saturated carbocycles. The van der Waals surface area contributed by atoms with E-state index in [1.54, 1.807) is 0 Å². The van der Waals surface area contributed by atoms with Crippen molar-refractivity contribution in [3.8, 4) is 0 Å². The van der Waals surface area contributed by atoms with Crippen molar-refractivity contribution in [2.24, 2.45) is 5.92 Å². The zero-order chi connectivity index (χ0) is 13.5. The number of nitrogens with one attached hydrogen (secondary N) is 1. The summed E-state index contributed by atoms with van der Waals surface area (Å²) in [5.41, 5.74) is 1.37. The molecule has 0 bridgehead atoms. The molecule has 1 aliphatic heterocycles. The molecule has 1 aliphatic rings. The standard InChI is InChI=1S/C14H25NO2S/c1-5-17-14(16)12-9-18-13(15-12)11(4)8-6-7-10(2)3/h7,11-13,15H,5-6,8-9H2,1-4H3. The third-order valence-corrected chi connectivity index (χ3v) is 4.56. The van der Waals surface area contributed by atoms with E-state index in [9.17, 15) is 4.79 Å². The van der Waals surface area contributed by atoms with Crippen LogP contribution < -0.4 is 5.32 Å². The lowest BCUT2D eigenvalue weighted by molar-refractivity contribution is -0.144. The number of hydrogen-bond acceptors (Lipinski definition) is 4. The molecule has 0 aromatic heterocycles. The van der Waals surface area contributed by atoms with Crippen molar-refractivity contribution in [1.82, 2.24) is 5.32 Å². The Kier molecular flexibility index (Phi) is 6.79. The lowest BCUT2D eigenvalue weighted by Gasteiger charge is -2.19. The summed E-state index contributed by atoms with van der Waals surface area (Å²) in [6, 6.07) is -0.120. The minimum atomic E-state index is -0.120. The molecule has 3 atom stereocenters. The van der Waals surface area contributed by atoms with E-state index in [4.69, 9.17) is 4.74 Å². The van der Waals surface area contributed by atoms with Crippen LogP contribution in [0, 0.1) is 5.92 Å². The molecular weight excluding hydrogens is 246 g/mol. The van der Waals surface area contributed by atoms with Crippen molar-refractivity contribution in [3.05, 3.63) is 11.6 Å². The highest BCUT2D eigenvalue weighted by molar-refractivity contribution is 8.00. The zero-order valence-electron chi connectivity index (χ0n) is 11.9. The Labute approximate surface area is 115 Å². The van der Waals surface area contributed by atoms with E-state index >= 15 is 0 Å². The number of carbonyl (C=O) groups is 1. The van der Waals surface area contributed by atoms with Crippen LogP contribution in [0.3, 0.4) is 0 Å². The summed E-state index contributed by atoms with van der Waals surface area (Å²) in [5, 5.41) is 3.76. The number of rotatable bonds is 6. The van der Waals surface area contributed by atoms with E-state index in [-0.39, 0.29) is 12.0 Å². The predicted molar refractivity (Wildman–Crippen MR) is 77.6 cm³/mol. The summed E-state index contributed by atoms with van der Waals surface area (Å²) in [6.45, 7) is 8.81. The van der Waals surface area contributed by atoms with Gasteiger partial charge in [-0.25, -0.2) is 0 Å². The first-order valence-corrected chi connectivity index (χ1v) is 7.77. The lowest BCUT2D eigenvalue weighted by atomic mass is 10.0. The van der Waals surface area contributed by atoms with Crippen LogP contribution in [0.15, 0.2) is 11.6 Å². The van der Waals surface area contributed by atoms with Crippen molar-refractivity contribution in [2.45, 2.75) is 52.0 Å². The molecule has 0 radical (unpaired) electrons. The molecule has 18 heavy (non-hydrogen) atoms. The lowest BCUT2D eigenvalue weighted by Crippen LogP contribution is -2.40. The molecule has 3 nitrogen and oxygen atoms in total. The zero-order valence-corrected chi connectivity index (χ0v) is 12.7. The monoisotopic (exact) mass is 271 g/mol. The molecule has 1 heterocycles. The minimum absolute atomic E-state index is 0.107. The number of thioether (sulfide) groups is 1. The number of hydrogen-bond donors (Lipinski definition) is 1. The molecule has 0 aromatic carbocycles. The van der Waals surface area contributed by atoms with Crippen molar-refractivity contribution < 1.29 is 9.53 Å². The molecule has 1 rings (SSSR count). The molecule has 4 heteroatoms. The number of allylic oxidation sites excluding steroid dienone is 2. The molecule has 0 aromatic rings. The summed E-state index contributed by atoms with van der Waals surface area (Å²) >= 11 is 1.84. The van der Waals surface area contributed by atoms with Gasteiger partial charge in [-0.1, -0.05) is 18.6 Å². The van der Waals surface area contributed by atoms with Crippen LogP contribution in [0.25, 0.3) is 0 Å². The van der Waals surface area contributed by atoms with Gasteiger partial charge in [0.15, 0.2) is 0 Å². The second-order valence-corrected chi connectivity index (χ2v) is 6.24. The highest BCUT2D eigenvalue weighted by atomic mass is 32.2. The third-order valence-electron chi connectivity index (χ3n) is 3.07. The number of ether oxygens (including phenoxy) is 1. The molecule has 1 fully saturated rings. The fraction of sp³-hybridized carbons (Fsp3) is 0.786. The minimum Gasteiger partial charge on any atom is -0.465 e. The fourth-order valence-corrected chi connectivity index (χ4v) is 3.35. The van der Waals surface area contributed by atoms with Gasteiger partial charge in [-0.15, -0.1) is 11.8 Å². The average Bonchev–Trinajstić information content (AvgIpc) is 2.78. The smallest absolute Gasteiger partial charge is 0.324 e. The van der Waals surface area contributed by atoms with E-state index < -0.39 is 0 Å². The number of carbonyl (C=O) groups excluding carboxylic acids is 1. The average molecular weight is 271 g/mol. The van der Waals surface area contributed by atoms with Gasteiger partial charge in [0.1, 0.15) is 6.04 Å². The first-order chi connectivity index (χ1) is 8.54. The van der Waals surface area contributed by atoms with E-state index in [2.05, 4.69) is 32.2 Å². The second kappa shape index (κ2) is 7.85. The van der Waals surface area contributed by atoms with Crippen LogP contribution in [0.2, 0.25) is 0 Å². The second-order valence-electron chi connectivity index (χ2n) is 5.06. The SMILES string of the molecule is CCOC(=O)C1CSC(C(C)CCC=C(C)C)N1. The van der Waals surface area contributed by atoms with Crippen LogP contribution >= 0.6 is 11.8 Å². The molecule has 0 amide bonds.